The van der Waals surface area contributed by atoms with Gasteiger partial charge in [-0.3, -0.25) is 4.79 Å². The smallest absolute Gasteiger partial charge is 0.342 e. The van der Waals surface area contributed by atoms with Gasteiger partial charge in [-0.2, -0.15) is 0 Å². The molecule has 0 saturated carbocycles. The molecule has 126 valence electrons. The van der Waals surface area contributed by atoms with Crippen LogP contribution in [-0.4, -0.2) is 25.1 Å². The molecule has 5 nitrogen and oxygen atoms in total. The number of amides is 1. The Morgan fingerprint density at radius 3 is 2.54 bits per heavy atom. The number of halogens is 1. The van der Waals surface area contributed by atoms with Crippen LogP contribution in [0.15, 0.2) is 48.5 Å². The van der Waals surface area contributed by atoms with Crippen LogP contribution in [-0.2, 0) is 16.1 Å². The molecule has 24 heavy (non-hydrogen) atoms. The van der Waals surface area contributed by atoms with Crippen molar-refractivity contribution in [3.63, 3.8) is 0 Å². The molecule has 0 unspecified atom stereocenters. The van der Waals surface area contributed by atoms with Crippen LogP contribution in [0.4, 0.5) is 4.39 Å². The van der Waals surface area contributed by atoms with Gasteiger partial charge >= 0.3 is 5.97 Å². The third kappa shape index (κ3) is 4.81. The van der Waals surface area contributed by atoms with E-state index >= 15 is 0 Å². The maximum absolute atomic E-state index is 13.4. The van der Waals surface area contributed by atoms with Crippen molar-refractivity contribution < 1.29 is 23.5 Å². The van der Waals surface area contributed by atoms with Crippen LogP contribution in [0.1, 0.15) is 22.8 Å². The summed E-state index contributed by atoms with van der Waals surface area (Å²) < 4.78 is 23.8. The van der Waals surface area contributed by atoms with Crippen LogP contribution in [0.5, 0.6) is 5.75 Å². The lowest BCUT2D eigenvalue weighted by Crippen LogP contribution is -2.28. The molecule has 0 aliphatic rings. The lowest BCUT2D eigenvalue weighted by atomic mass is 10.2. The third-order valence-corrected chi connectivity index (χ3v) is 3.18. The maximum Gasteiger partial charge on any atom is 0.342 e. The number of ether oxygens (including phenoxy) is 2. The van der Waals surface area contributed by atoms with Gasteiger partial charge in [-0.25, -0.2) is 9.18 Å². The third-order valence-electron chi connectivity index (χ3n) is 3.18. The first kappa shape index (κ1) is 17.5. The van der Waals surface area contributed by atoms with E-state index in [2.05, 4.69) is 5.32 Å². The van der Waals surface area contributed by atoms with E-state index in [4.69, 9.17) is 9.47 Å². The molecule has 6 heteroatoms. The normalized spacial score (nSPS) is 10.1. The van der Waals surface area contributed by atoms with Crippen molar-refractivity contribution in [2.24, 2.45) is 0 Å². The zero-order valence-electron chi connectivity index (χ0n) is 13.3. The average Bonchev–Trinajstić information content (AvgIpc) is 2.60. The Bertz CT molecular complexity index is 718. The van der Waals surface area contributed by atoms with Gasteiger partial charge in [0.25, 0.3) is 5.91 Å². The average molecular weight is 331 g/mol. The second-order valence-electron chi connectivity index (χ2n) is 4.87. The molecule has 0 aliphatic carbocycles. The summed E-state index contributed by atoms with van der Waals surface area (Å²) in [6, 6.07) is 12.8. The van der Waals surface area contributed by atoms with Gasteiger partial charge in [0.1, 0.15) is 17.1 Å². The number of nitrogens with one attached hydrogen (secondary N) is 1. The highest BCUT2D eigenvalue weighted by Crippen LogP contribution is 2.18. The topological polar surface area (TPSA) is 64.6 Å². The van der Waals surface area contributed by atoms with Crippen molar-refractivity contribution in [2.75, 3.05) is 13.2 Å². The number of esters is 1. The lowest BCUT2D eigenvalue weighted by Gasteiger charge is -2.10. The summed E-state index contributed by atoms with van der Waals surface area (Å²) in [6.07, 6.45) is 0. The molecule has 2 aromatic carbocycles. The van der Waals surface area contributed by atoms with Crippen molar-refractivity contribution >= 4 is 11.9 Å². The Morgan fingerprint density at radius 1 is 1.08 bits per heavy atom. The zero-order valence-corrected chi connectivity index (χ0v) is 13.3. The molecule has 2 aromatic rings. The van der Waals surface area contributed by atoms with Gasteiger partial charge < -0.3 is 14.8 Å². The van der Waals surface area contributed by atoms with Gasteiger partial charge in [-0.15, -0.1) is 0 Å². The van der Waals surface area contributed by atoms with Crippen LogP contribution in [0.2, 0.25) is 0 Å². The Hall–Kier alpha value is -2.89. The molecule has 2 rings (SSSR count). The summed E-state index contributed by atoms with van der Waals surface area (Å²) >= 11 is 0. The van der Waals surface area contributed by atoms with Gasteiger partial charge in [-0.1, -0.05) is 30.3 Å². The highest BCUT2D eigenvalue weighted by Gasteiger charge is 2.15. The van der Waals surface area contributed by atoms with Gasteiger partial charge in [-0.05, 0) is 25.1 Å². The van der Waals surface area contributed by atoms with Crippen molar-refractivity contribution in [1.82, 2.24) is 5.32 Å². The molecule has 1 amide bonds. The van der Waals surface area contributed by atoms with Gasteiger partial charge in [0.05, 0.1) is 6.61 Å². The Balaban J connectivity index is 1.85. The SMILES string of the molecule is CCOc1ccccc1C(=O)OCC(=O)NCc1ccccc1F. The van der Waals surface area contributed by atoms with E-state index in [-0.39, 0.29) is 12.1 Å². The Morgan fingerprint density at radius 2 is 1.79 bits per heavy atom. The minimum Gasteiger partial charge on any atom is -0.493 e. The molecular formula is C18H18FNO4. The minimum absolute atomic E-state index is 0.0264. The molecule has 0 radical (unpaired) electrons. The number of carbonyl (C=O) groups is 2. The van der Waals surface area contributed by atoms with Crippen LogP contribution in [0.25, 0.3) is 0 Å². The molecule has 0 spiro atoms. The molecule has 0 saturated heterocycles. The highest BCUT2D eigenvalue weighted by molar-refractivity contribution is 5.93. The maximum atomic E-state index is 13.4. The summed E-state index contributed by atoms with van der Waals surface area (Å²) in [4.78, 5) is 23.8. The summed E-state index contributed by atoms with van der Waals surface area (Å²) in [6.45, 7) is 1.79. The number of rotatable bonds is 7. The summed E-state index contributed by atoms with van der Waals surface area (Å²) in [5.41, 5.74) is 0.611. The molecule has 0 bridgehead atoms. The Labute approximate surface area is 139 Å². The van der Waals surface area contributed by atoms with Crippen molar-refractivity contribution in [1.29, 1.82) is 0 Å². The van der Waals surface area contributed by atoms with E-state index in [1.165, 1.54) is 6.07 Å². The number of para-hydroxylation sites is 1. The van der Waals surface area contributed by atoms with Crippen molar-refractivity contribution in [3.8, 4) is 5.75 Å². The molecule has 0 atom stereocenters. The van der Waals surface area contributed by atoms with Crippen LogP contribution in [0, 0.1) is 5.82 Å². The fraction of sp³-hybridized carbons (Fsp3) is 0.222. The molecule has 0 aliphatic heterocycles. The summed E-state index contributed by atoms with van der Waals surface area (Å²) in [7, 11) is 0. The standard InChI is InChI=1S/C18H18FNO4/c1-2-23-16-10-6-4-8-14(16)18(22)24-12-17(21)20-11-13-7-3-5-9-15(13)19/h3-10H,2,11-12H2,1H3,(H,20,21). The minimum atomic E-state index is -0.653. The predicted molar refractivity (Wildman–Crippen MR) is 86.1 cm³/mol. The van der Waals surface area contributed by atoms with Gasteiger partial charge in [0.2, 0.25) is 0 Å². The zero-order chi connectivity index (χ0) is 17.4. The largest absolute Gasteiger partial charge is 0.493 e. The first-order chi connectivity index (χ1) is 11.6. The van der Waals surface area contributed by atoms with E-state index in [1.807, 2.05) is 0 Å². The van der Waals surface area contributed by atoms with Gasteiger partial charge in [0, 0.05) is 12.1 Å². The number of benzene rings is 2. The van der Waals surface area contributed by atoms with E-state index in [0.29, 0.717) is 17.9 Å². The highest BCUT2D eigenvalue weighted by atomic mass is 19.1. The molecule has 1 N–H and O–H groups in total. The van der Waals surface area contributed by atoms with E-state index in [0.717, 1.165) is 0 Å². The van der Waals surface area contributed by atoms with Gasteiger partial charge in [0.15, 0.2) is 6.61 Å². The number of hydrogen-bond acceptors (Lipinski definition) is 4. The second kappa shape index (κ2) is 8.67. The van der Waals surface area contributed by atoms with Crippen LogP contribution in [0.3, 0.4) is 0 Å². The second-order valence-corrected chi connectivity index (χ2v) is 4.87. The molecular weight excluding hydrogens is 313 g/mol. The van der Waals surface area contributed by atoms with E-state index < -0.39 is 24.3 Å². The van der Waals surface area contributed by atoms with E-state index in [9.17, 15) is 14.0 Å². The van der Waals surface area contributed by atoms with Crippen LogP contribution < -0.4 is 10.1 Å². The number of hydrogen-bond donors (Lipinski definition) is 1. The summed E-state index contributed by atoms with van der Waals surface area (Å²) in [5, 5.41) is 2.50. The Kier molecular flexibility index (Phi) is 6.31. The molecule has 0 heterocycles. The fourth-order valence-electron chi connectivity index (χ4n) is 2.01. The number of carbonyl (C=O) groups excluding carboxylic acids is 2. The van der Waals surface area contributed by atoms with Crippen molar-refractivity contribution in [3.05, 3.63) is 65.5 Å². The fourth-order valence-corrected chi connectivity index (χ4v) is 2.01. The quantitative estimate of drug-likeness (QED) is 0.792. The first-order valence-corrected chi connectivity index (χ1v) is 7.51. The summed E-state index contributed by atoms with van der Waals surface area (Å²) in [5.74, 6) is -1.17. The predicted octanol–water partition coefficient (Wildman–Crippen LogP) is 2.70. The molecule has 0 fully saturated rings. The monoisotopic (exact) mass is 331 g/mol. The lowest BCUT2D eigenvalue weighted by molar-refractivity contribution is -0.124. The van der Waals surface area contributed by atoms with E-state index in [1.54, 1.807) is 49.4 Å². The first-order valence-electron chi connectivity index (χ1n) is 7.51. The molecule has 0 aromatic heterocycles. The van der Waals surface area contributed by atoms with Crippen LogP contribution >= 0.6 is 0 Å². The van der Waals surface area contributed by atoms with Crippen molar-refractivity contribution in [2.45, 2.75) is 13.5 Å².